The number of nitrogens with zero attached hydrogens (tertiary/aromatic N) is 1. The summed E-state index contributed by atoms with van der Waals surface area (Å²) in [7, 11) is 0. The molecule has 1 aromatic heterocycles. The summed E-state index contributed by atoms with van der Waals surface area (Å²) in [6.45, 7) is 8.83. The monoisotopic (exact) mass is 245 g/mol. The van der Waals surface area contributed by atoms with Crippen molar-refractivity contribution in [3.63, 3.8) is 0 Å². The standard InChI is InChI=1S/C15H23N3/c1-5-11(16)14-17-12-7-6-10(8-13(12)18-14)9-15(2,3)4/h6-8,11H,5,9,16H2,1-4H3,(H,17,18). The number of fused-ring (bicyclic) bond motifs is 1. The summed E-state index contributed by atoms with van der Waals surface area (Å²) in [5.41, 5.74) is 9.75. The molecule has 3 nitrogen and oxygen atoms in total. The van der Waals surface area contributed by atoms with E-state index in [1.54, 1.807) is 0 Å². The van der Waals surface area contributed by atoms with Gasteiger partial charge in [-0.2, -0.15) is 0 Å². The fourth-order valence-electron chi connectivity index (χ4n) is 2.17. The SMILES string of the molecule is CCC(N)c1nc2ccc(CC(C)(C)C)cc2[nH]1. The molecule has 3 heteroatoms. The minimum atomic E-state index is 0.00321. The highest BCUT2D eigenvalue weighted by Gasteiger charge is 2.13. The number of nitrogens with two attached hydrogens (primary N) is 1. The molecule has 0 saturated heterocycles. The van der Waals surface area contributed by atoms with Crippen molar-refractivity contribution in [2.75, 3.05) is 0 Å². The van der Waals surface area contributed by atoms with E-state index in [2.05, 4.69) is 55.9 Å². The van der Waals surface area contributed by atoms with E-state index in [1.807, 2.05) is 0 Å². The normalized spacial score (nSPS) is 14.1. The van der Waals surface area contributed by atoms with E-state index in [9.17, 15) is 0 Å². The van der Waals surface area contributed by atoms with Gasteiger partial charge in [-0.1, -0.05) is 33.8 Å². The zero-order valence-electron chi connectivity index (χ0n) is 11.7. The first-order chi connectivity index (χ1) is 8.39. The number of aromatic amines is 1. The Bertz CT molecular complexity index is 534. The molecule has 0 spiro atoms. The molecule has 1 atom stereocenters. The van der Waals surface area contributed by atoms with Crippen LogP contribution in [0.3, 0.4) is 0 Å². The molecule has 2 aromatic rings. The highest BCUT2D eigenvalue weighted by Crippen LogP contribution is 2.23. The number of benzene rings is 1. The average Bonchev–Trinajstić information content (AvgIpc) is 2.68. The largest absolute Gasteiger partial charge is 0.341 e. The van der Waals surface area contributed by atoms with Crippen LogP contribution in [0.2, 0.25) is 0 Å². The molecule has 1 aromatic carbocycles. The zero-order chi connectivity index (χ0) is 13.3. The molecule has 18 heavy (non-hydrogen) atoms. The molecule has 0 aliphatic carbocycles. The lowest BCUT2D eigenvalue weighted by atomic mass is 9.88. The summed E-state index contributed by atoms with van der Waals surface area (Å²) >= 11 is 0. The number of nitrogens with one attached hydrogen (secondary N) is 1. The number of imidazole rings is 1. The van der Waals surface area contributed by atoms with Crippen LogP contribution in [-0.4, -0.2) is 9.97 Å². The van der Waals surface area contributed by atoms with Crippen molar-refractivity contribution in [2.45, 2.75) is 46.6 Å². The van der Waals surface area contributed by atoms with E-state index >= 15 is 0 Å². The van der Waals surface area contributed by atoms with Crippen molar-refractivity contribution < 1.29 is 0 Å². The molecular formula is C15H23N3. The third-order valence-corrected chi connectivity index (χ3v) is 3.09. The third-order valence-electron chi connectivity index (χ3n) is 3.09. The van der Waals surface area contributed by atoms with Crippen LogP contribution in [0, 0.1) is 5.41 Å². The molecular weight excluding hydrogens is 222 g/mol. The van der Waals surface area contributed by atoms with Crippen LogP contribution in [0.15, 0.2) is 18.2 Å². The number of aromatic nitrogens is 2. The van der Waals surface area contributed by atoms with Crippen LogP contribution in [0.4, 0.5) is 0 Å². The lowest BCUT2D eigenvalue weighted by Gasteiger charge is -2.17. The quantitative estimate of drug-likeness (QED) is 0.868. The van der Waals surface area contributed by atoms with Gasteiger partial charge < -0.3 is 10.7 Å². The minimum absolute atomic E-state index is 0.00321. The van der Waals surface area contributed by atoms with Gasteiger partial charge in [-0.15, -0.1) is 0 Å². The Morgan fingerprint density at radius 3 is 2.67 bits per heavy atom. The van der Waals surface area contributed by atoms with Gasteiger partial charge in [-0.05, 0) is 36.0 Å². The molecule has 0 bridgehead atoms. The van der Waals surface area contributed by atoms with Crippen molar-refractivity contribution in [3.8, 4) is 0 Å². The number of rotatable bonds is 3. The second kappa shape index (κ2) is 4.73. The van der Waals surface area contributed by atoms with Crippen molar-refractivity contribution >= 4 is 11.0 Å². The third kappa shape index (κ3) is 2.91. The van der Waals surface area contributed by atoms with E-state index in [0.717, 1.165) is 29.7 Å². The second-order valence-corrected chi connectivity index (χ2v) is 6.23. The number of H-pyrrole nitrogens is 1. The Morgan fingerprint density at radius 2 is 2.06 bits per heavy atom. The Morgan fingerprint density at radius 1 is 1.33 bits per heavy atom. The van der Waals surface area contributed by atoms with Gasteiger partial charge in [0.25, 0.3) is 0 Å². The Labute approximate surface area is 109 Å². The molecule has 0 amide bonds. The highest BCUT2D eigenvalue weighted by atomic mass is 15.0. The van der Waals surface area contributed by atoms with Gasteiger partial charge in [0.05, 0.1) is 17.1 Å². The summed E-state index contributed by atoms with van der Waals surface area (Å²) in [5.74, 6) is 0.889. The molecule has 0 aliphatic rings. The van der Waals surface area contributed by atoms with Crippen LogP contribution in [-0.2, 0) is 6.42 Å². The number of hydrogen-bond acceptors (Lipinski definition) is 2. The second-order valence-electron chi connectivity index (χ2n) is 6.23. The summed E-state index contributed by atoms with van der Waals surface area (Å²) in [5, 5.41) is 0. The first-order valence-corrected chi connectivity index (χ1v) is 6.63. The van der Waals surface area contributed by atoms with Crippen LogP contribution in [0.1, 0.15) is 51.5 Å². The smallest absolute Gasteiger partial charge is 0.124 e. The van der Waals surface area contributed by atoms with Gasteiger partial charge in [0.15, 0.2) is 0 Å². The fraction of sp³-hybridized carbons (Fsp3) is 0.533. The molecule has 1 heterocycles. The summed E-state index contributed by atoms with van der Waals surface area (Å²) in [4.78, 5) is 7.88. The van der Waals surface area contributed by atoms with Crippen molar-refractivity contribution in [3.05, 3.63) is 29.6 Å². The number of hydrogen-bond donors (Lipinski definition) is 2. The highest BCUT2D eigenvalue weighted by molar-refractivity contribution is 5.76. The van der Waals surface area contributed by atoms with Gasteiger partial charge in [0.1, 0.15) is 5.82 Å². The Balaban J connectivity index is 2.34. The van der Waals surface area contributed by atoms with E-state index in [0.29, 0.717) is 5.41 Å². The molecule has 2 rings (SSSR count). The summed E-state index contributed by atoms with van der Waals surface area (Å²) in [6.07, 6.45) is 1.96. The van der Waals surface area contributed by atoms with Crippen LogP contribution in [0.5, 0.6) is 0 Å². The first-order valence-electron chi connectivity index (χ1n) is 6.63. The lowest BCUT2D eigenvalue weighted by Crippen LogP contribution is -2.10. The predicted molar refractivity (Wildman–Crippen MR) is 76.5 cm³/mol. The van der Waals surface area contributed by atoms with E-state index in [-0.39, 0.29) is 6.04 Å². The Hall–Kier alpha value is -1.35. The first kappa shape index (κ1) is 13.1. The maximum Gasteiger partial charge on any atom is 0.124 e. The Kier molecular flexibility index (Phi) is 3.44. The van der Waals surface area contributed by atoms with Gasteiger partial charge in [-0.25, -0.2) is 4.98 Å². The van der Waals surface area contributed by atoms with E-state index < -0.39 is 0 Å². The van der Waals surface area contributed by atoms with E-state index in [4.69, 9.17) is 5.73 Å². The average molecular weight is 245 g/mol. The van der Waals surface area contributed by atoms with E-state index in [1.165, 1.54) is 5.56 Å². The molecule has 1 unspecified atom stereocenters. The van der Waals surface area contributed by atoms with Gasteiger partial charge in [0, 0.05) is 0 Å². The maximum absolute atomic E-state index is 6.00. The lowest BCUT2D eigenvalue weighted by molar-refractivity contribution is 0.411. The van der Waals surface area contributed by atoms with Gasteiger partial charge in [-0.3, -0.25) is 0 Å². The van der Waals surface area contributed by atoms with Crippen LogP contribution >= 0.6 is 0 Å². The molecule has 0 fully saturated rings. The summed E-state index contributed by atoms with van der Waals surface area (Å²) in [6, 6.07) is 6.44. The van der Waals surface area contributed by atoms with Crippen molar-refractivity contribution in [1.82, 2.24) is 9.97 Å². The maximum atomic E-state index is 6.00. The topological polar surface area (TPSA) is 54.7 Å². The summed E-state index contributed by atoms with van der Waals surface area (Å²) < 4.78 is 0. The molecule has 3 N–H and O–H groups in total. The fourth-order valence-corrected chi connectivity index (χ4v) is 2.17. The van der Waals surface area contributed by atoms with Crippen LogP contribution in [0.25, 0.3) is 11.0 Å². The van der Waals surface area contributed by atoms with Crippen LogP contribution < -0.4 is 5.73 Å². The molecule has 0 radical (unpaired) electrons. The molecule has 0 saturated carbocycles. The zero-order valence-corrected chi connectivity index (χ0v) is 11.7. The van der Waals surface area contributed by atoms with Gasteiger partial charge in [0.2, 0.25) is 0 Å². The van der Waals surface area contributed by atoms with Gasteiger partial charge >= 0.3 is 0 Å². The van der Waals surface area contributed by atoms with Crippen molar-refractivity contribution in [1.29, 1.82) is 0 Å². The van der Waals surface area contributed by atoms with Crippen molar-refractivity contribution in [2.24, 2.45) is 11.1 Å². The predicted octanol–water partition coefficient (Wildman–Crippen LogP) is 3.56. The molecule has 98 valence electrons. The minimum Gasteiger partial charge on any atom is -0.341 e. The molecule has 0 aliphatic heterocycles.